The molecule has 190 valence electrons. The second kappa shape index (κ2) is 11.2. The number of nitrogens with zero attached hydrogens (tertiary/aromatic N) is 8. The van der Waals surface area contributed by atoms with Crippen molar-refractivity contribution >= 4 is 54.7 Å². The first-order valence-corrected chi connectivity index (χ1v) is 14.5. The third-order valence-electron chi connectivity index (χ3n) is 5.98. The Morgan fingerprint density at radius 2 is 1.24 bits per heavy atom. The highest BCUT2D eigenvalue weighted by molar-refractivity contribution is 9.10. The molecule has 11 heteroatoms. The van der Waals surface area contributed by atoms with Crippen molar-refractivity contribution in [3.8, 4) is 0 Å². The molecule has 0 fully saturated rings. The highest BCUT2D eigenvalue weighted by Crippen LogP contribution is 2.27. The van der Waals surface area contributed by atoms with Crippen molar-refractivity contribution in [1.82, 2.24) is 39.5 Å². The van der Waals surface area contributed by atoms with Gasteiger partial charge >= 0.3 is 0 Å². The fourth-order valence-electron chi connectivity index (χ4n) is 4.14. The zero-order valence-electron chi connectivity index (χ0n) is 20.2. The van der Waals surface area contributed by atoms with E-state index in [-0.39, 0.29) is 0 Å². The van der Waals surface area contributed by atoms with Gasteiger partial charge in [0.2, 0.25) is 0 Å². The molecule has 3 heterocycles. The molecular weight excluding hydrogens is 628 g/mol. The molecule has 3 aromatic heterocycles. The van der Waals surface area contributed by atoms with Crippen molar-refractivity contribution in [2.24, 2.45) is 0 Å². The van der Waals surface area contributed by atoms with Gasteiger partial charge in [-0.15, -0.1) is 10.2 Å². The van der Waals surface area contributed by atoms with Crippen LogP contribution in [0.25, 0.3) is 11.0 Å². The molecular formula is C27H22Br2N8S. The first-order valence-electron chi connectivity index (χ1n) is 11.9. The topological polar surface area (TPSA) is 79.2 Å². The SMILES string of the molecule is Brc1ccc(Cn2cc(CSc3nc4ccccc4n3Cc3cn(Cc4ccc(Br)cc4)nn3)nn2)cc1. The standard InChI is InChI=1S/C27H22Br2N8S/c28-21-9-5-19(6-10-21)13-35-15-23(31-33-35)17-37-26-4-2-1-3-25(26)30-27(37)38-18-24-16-36(34-32-24)14-20-7-11-22(29)12-8-20/h1-12,15-16H,13-14,17-18H2. The molecule has 0 atom stereocenters. The Hall–Kier alpha value is -3.28. The van der Waals surface area contributed by atoms with E-state index in [1.165, 1.54) is 11.1 Å². The zero-order valence-corrected chi connectivity index (χ0v) is 24.1. The minimum absolute atomic E-state index is 0.583. The minimum atomic E-state index is 0.583. The molecule has 6 rings (SSSR count). The molecule has 8 nitrogen and oxygen atoms in total. The summed E-state index contributed by atoms with van der Waals surface area (Å²) in [6.07, 6.45) is 3.99. The van der Waals surface area contributed by atoms with Crippen molar-refractivity contribution in [3.05, 3.63) is 117 Å². The molecule has 0 aliphatic heterocycles. The number of hydrogen-bond acceptors (Lipinski definition) is 6. The van der Waals surface area contributed by atoms with Crippen LogP contribution in [0.3, 0.4) is 0 Å². The summed E-state index contributed by atoms with van der Waals surface area (Å²) in [7, 11) is 0. The lowest BCUT2D eigenvalue weighted by molar-refractivity contribution is 0.648. The molecule has 6 aromatic rings. The number of halogens is 2. The fraction of sp³-hybridized carbons (Fsp3) is 0.148. The van der Waals surface area contributed by atoms with Crippen molar-refractivity contribution < 1.29 is 0 Å². The number of rotatable bonds is 9. The predicted octanol–water partition coefficient (Wildman–Crippen LogP) is 6.18. The Kier molecular flexibility index (Phi) is 7.39. The van der Waals surface area contributed by atoms with Crippen molar-refractivity contribution in [2.45, 2.75) is 30.5 Å². The van der Waals surface area contributed by atoms with E-state index < -0.39 is 0 Å². The summed E-state index contributed by atoms with van der Waals surface area (Å²) < 4.78 is 8.05. The predicted molar refractivity (Wildman–Crippen MR) is 155 cm³/mol. The molecule has 0 radical (unpaired) electrons. The molecule has 0 N–H and O–H groups in total. The second-order valence-corrected chi connectivity index (χ2v) is 11.6. The van der Waals surface area contributed by atoms with Gasteiger partial charge in [-0.25, -0.2) is 14.3 Å². The van der Waals surface area contributed by atoms with Crippen LogP contribution < -0.4 is 0 Å². The van der Waals surface area contributed by atoms with Crippen LogP contribution in [0.5, 0.6) is 0 Å². The van der Waals surface area contributed by atoms with Gasteiger partial charge in [-0.05, 0) is 47.5 Å². The Morgan fingerprint density at radius 1 is 0.658 bits per heavy atom. The molecule has 0 aliphatic rings. The van der Waals surface area contributed by atoms with E-state index in [9.17, 15) is 0 Å². The summed E-state index contributed by atoms with van der Waals surface area (Å²) in [5.74, 6) is 0.667. The largest absolute Gasteiger partial charge is 0.313 e. The van der Waals surface area contributed by atoms with Crippen molar-refractivity contribution in [2.75, 3.05) is 0 Å². The van der Waals surface area contributed by atoms with Crippen LogP contribution in [-0.4, -0.2) is 39.5 Å². The monoisotopic (exact) mass is 648 g/mol. The maximum Gasteiger partial charge on any atom is 0.169 e. The quantitative estimate of drug-likeness (QED) is 0.174. The van der Waals surface area contributed by atoms with Gasteiger partial charge in [-0.3, -0.25) is 0 Å². The van der Waals surface area contributed by atoms with Gasteiger partial charge in [-0.1, -0.05) is 90.4 Å². The minimum Gasteiger partial charge on any atom is -0.313 e. The Bertz CT molecular complexity index is 1670. The molecule has 3 aromatic carbocycles. The van der Waals surface area contributed by atoms with E-state index in [2.05, 4.69) is 87.4 Å². The third-order valence-corrected chi connectivity index (χ3v) is 8.04. The number of fused-ring (bicyclic) bond motifs is 1. The van der Waals surface area contributed by atoms with E-state index in [4.69, 9.17) is 4.98 Å². The lowest BCUT2D eigenvalue weighted by atomic mass is 10.2. The number of benzene rings is 3. The summed E-state index contributed by atoms with van der Waals surface area (Å²) in [6, 6.07) is 24.6. The third kappa shape index (κ3) is 5.90. The maximum atomic E-state index is 4.90. The number of aromatic nitrogens is 8. The van der Waals surface area contributed by atoms with Crippen LogP contribution in [0.15, 0.2) is 99.3 Å². The van der Waals surface area contributed by atoms with E-state index in [1.54, 1.807) is 11.8 Å². The van der Waals surface area contributed by atoms with E-state index in [0.29, 0.717) is 25.4 Å². The van der Waals surface area contributed by atoms with Crippen molar-refractivity contribution in [3.63, 3.8) is 0 Å². The molecule has 0 aliphatic carbocycles. The summed E-state index contributed by atoms with van der Waals surface area (Å²) in [4.78, 5) is 4.90. The summed E-state index contributed by atoms with van der Waals surface area (Å²) in [5, 5.41) is 18.4. The number of hydrogen-bond donors (Lipinski definition) is 0. The summed E-state index contributed by atoms with van der Waals surface area (Å²) >= 11 is 8.61. The Labute approximate surface area is 240 Å². The van der Waals surface area contributed by atoms with Crippen molar-refractivity contribution in [1.29, 1.82) is 0 Å². The van der Waals surface area contributed by atoms with Crippen LogP contribution in [0, 0.1) is 0 Å². The van der Waals surface area contributed by atoms with Gasteiger partial charge in [-0.2, -0.15) is 0 Å². The molecule has 0 saturated heterocycles. The fourth-order valence-corrected chi connectivity index (χ4v) is 5.56. The summed E-state index contributed by atoms with van der Waals surface area (Å²) in [6.45, 7) is 1.93. The van der Waals surface area contributed by atoms with Crippen LogP contribution in [0.1, 0.15) is 22.5 Å². The highest BCUT2D eigenvalue weighted by Gasteiger charge is 2.14. The molecule has 0 unspecified atom stereocenters. The number of para-hydroxylation sites is 2. The first kappa shape index (κ1) is 25.0. The van der Waals surface area contributed by atoms with E-state index >= 15 is 0 Å². The highest BCUT2D eigenvalue weighted by atomic mass is 79.9. The molecule has 0 saturated carbocycles. The maximum absolute atomic E-state index is 4.90. The molecule has 0 spiro atoms. The number of thioether (sulfide) groups is 1. The van der Waals surface area contributed by atoms with Gasteiger partial charge in [0.25, 0.3) is 0 Å². The average molecular weight is 650 g/mol. The van der Waals surface area contributed by atoms with Gasteiger partial charge in [0.05, 0.1) is 42.6 Å². The second-order valence-electron chi connectivity index (χ2n) is 8.83. The summed E-state index contributed by atoms with van der Waals surface area (Å²) in [5.41, 5.74) is 6.15. The van der Waals surface area contributed by atoms with Gasteiger partial charge < -0.3 is 4.57 Å². The van der Waals surface area contributed by atoms with Gasteiger partial charge in [0.15, 0.2) is 5.16 Å². The lowest BCUT2D eigenvalue weighted by Gasteiger charge is -2.06. The Morgan fingerprint density at radius 3 is 1.89 bits per heavy atom. The van der Waals surface area contributed by atoms with Gasteiger partial charge in [0.1, 0.15) is 5.69 Å². The zero-order chi connectivity index (χ0) is 25.9. The van der Waals surface area contributed by atoms with Crippen LogP contribution >= 0.6 is 43.6 Å². The molecule has 38 heavy (non-hydrogen) atoms. The Balaban J connectivity index is 1.17. The molecule has 0 amide bonds. The van der Waals surface area contributed by atoms with E-state index in [0.717, 1.165) is 36.5 Å². The van der Waals surface area contributed by atoms with Crippen LogP contribution in [0.4, 0.5) is 0 Å². The van der Waals surface area contributed by atoms with Crippen LogP contribution in [0.2, 0.25) is 0 Å². The molecule has 0 bridgehead atoms. The lowest BCUT2D eigenvalue weighted by Crippen LogP contribution is -2.02. The van der Waals surface area contributed by atoms with Crippen LogP contribution in [-0.2, 0) is 25.4 Å². The normalized spacial score (nSPS) is 11.4. The smallest absolute Gasteiger partial charge is 0.169 e. The van der Waals surface area contributed by atoms with E-state index in [1.807, 2.05) is 64.2 Å². The average Bonchev–Trinajstić information content (AvgIpc) is 3.65. The number of imidazole rings is 1. The van der Waals surface area contributed by atoms with Gasteiger partial charge in [0, 0.05) is 20.9 Å². The first-order chi connectivity index (χ1) is 18.6.